The molecule has 0 atom stereocenters. The Kier molecular flexibility index (Phi) is 3.85. The largest absolute Gasteiger partial charge is 0.315 e. The molecular formula is C16H15N3S. The first-order valence-electron chi connectivity index (χ1n) is 6.48. The average Bonchev–Trinajstić information content (AvgIpc) is 2.94. The van der Waals surface area contributed by atoms with Crippen LogP contribution in [0.1, 0.15) is 4.88 Å². The third-order valence-corrected chi connectivity index (χ3v) is 4.09. The van der Waals surface area contributed by atoms with Gasteiger partial charge in [0.1, 0.15) is 5.01 Å². The predicted molar refractivity (Wildman–Crippen MR) is 83.5 cm³/mol. The van der Waals surface area contributed by atoms with Crippen LogP contribution in [0.25, 0.3) is 21.8 Å². The van der Waals surface area contributed by atoms with Gasteiger partial charge in [-0.2, -0.15) is 0 Å². The molecule has 100 valence electrons. The summed E-state index contributed by atoms with van der Waals surface area (Å²) in [6.45, 7) is 0.822. The molecule has 0 spiro atoms. The molecule has 0 saturated heterocycles. The molecule has 1 aromatic carbocycles. The molecule has 2 aromatic heterocycles. The summed E-state index contributed by atoms with van der Waals surface area (Å²) < 4.78 is 0. The number of hydrogen-bond acceptors (Lipinski definition) is 4. The van der Waals surface area contributed by atoms with E-state index < -0.39 is 0 Å². The molecule has 4 heteroatoms. The van der Waals surface area contributed by atoms with E-state index in [1.54, 1.807) is 17.5 Å². The van der Waals surface area contributed by atoms with Gasteiger partial charge in [0.25, 0.3) is 0 Å². The van der Waals surface area contributed by atoms with E-state index in [0.717, 1.165) is 28.4 Å². The molecule has 0 unspecified atom stereocenters. The predicted octanol–water partition coefficient (Wildman–Crippen LogP) is 3.59. The van der Waals surface area contributed by atoms with Gasteiger partial charge in [-0.15, -0.1) is 11.3 Å². The number of aromatic nitrogens is 2. The van der Waals surface area contributed by atoms with Crippen molar-refractivity contribution in [3.63, 3.8) is 0 Å². The quantitative estimate of drug-likeness (QED) is 0.794. The second-order valence-corrected chi connectivity index (χ2v) is 5.51. The van der Waals surface area contributed by atoms with E-state index in [0.29, 0.717) is 0 Å². The Hall–Kier alpha value is -2.04. The van der Waals surface area contributed by atoms with Crippen molar-refractivity contribution in [2.24, 2.45) is 0 Å². The molecule has 1 N–H and O–H groups in total. The second-order valence-electron chi connectivity index (χ2n) is 4.43. The van der Waals surface area contributed by atoms with Gasteiger partial charge >= 0.3 is 0 Å². The smallest absolute Gasteiger partial charge is 0.125 e. The highest BCUT2D eigenvalue weighted by atomic mass is 32.1. The minimum absolute atomic E-state index is 0.822. The number of pyridine rings is 1. The van der Waals surface area contributed by atoms with Crippen molar-refractivity contribution >= 4 is 11.3 Å². The Labute approximate surface area is 122 Å². The summed E-state index contributed by atoms with van der Waals surface area (Å²) >= 11 is 1.72. The average molecular weight is 281 g/mol. The van der Waals surface area contributed by atoms with Crippen LogP contribution in [0, 0.1) is 0 Å². The van der Waals surface area contributed by atoms with Crippen molar-refractivity contribution in [1.29, 1.82) is 0 Å². The first-order valence-corrected chi connectivity index (χ1v) is 7.30. The van der Waals surface area contributed by atoms with Gasteiger partial charge in [-0.05, 0) is 19.2 Å². The number of benzene rings is 1. The fourth-order valence-corrected chi connectivity index (χ4v) is 3.15. The van der Waals surface area contributed by atoms with E-state index in [1.807, 2.05) is 43.6 Å². The number of nitrogens with zero attached hydrogens (tertiary/aromatic N) is 2. The molecule has 0 bridgehead atoms. The zero-order chi connectivity index (χ0) is 13.8. The molecule has 0 fully saturated rings. The summed E-state index contributed by atoms with van der Waals surface area (Å²) in [5.41, 5.74) is 3.28. The van der Waals surface area contributed by atoms with Gasteiger partial charge in [-0.25, -0.2) is 4.98 Å². The van der Waals surface area contributed by atoms with Crippen LogP contribution in [-0.2, 0) is 6.54 Å². The monoisotopic (exact) mass is 281 g/mol. The van der Waals surface area contributed by atoms with Crippen LogP contribution in [0.15, 0.2) is 54.9 Å². The summed E-state index contributed by atoms with van der Waals surface area (Å²) in [7, 11) is 1.96. The van der Waals surface area contributed by atoms with Gasteiger partial charge in [0.05, 0.1) is 5.69 Å². The van der Waals surface area contributed by atoms with Crippen LogP contribution < -0.4 is 5.32 Å². The molecule has 0 amide bonds. The number of hydrogen-bond donors (Lipinski definition) is 1. The summed E-state index contributed by atoms with van der Waals surface area (Å²) in [5.74, 6) is 0. The highest BCUT2D eigenvalue weighted by Gasteiger charge is 2.13. The van der Waals surface area contributed by atoms with Crippen LogP contribution in [0.5, 0.6) is 0 Å². The number of thiazole rings is 1. The zero-order valence-electron chi connectivity index (χ0n) is 11.2. The Morgan fingerprint density at radius 3 is 2.55 bits per heavy atom. The first kappa shape index (κ1) is 13.0. The highest BCUT2D eigenvalue weighted by molar-refractivity contribution is 7.15. The maximum atomic E-state index is 4.81. The Morgan fingerprint density at radius 1 is 1.05 bits per heavy atom. The van der Waals surface area contributed by atoms with E-state index in [1.165, 1.54) is 4.88 Å². The molecule has 3 aromatic rings. The van der Waals surface area contributed by atoms with Crippen molar-refractivity contribution in [3.8, 4) is 21.8 Å². The Balaban J connectivity index is 2.08. The number of nitrogens with one attached hydrogen (secondary N) is 1. The normalized spacial score (nSPS) is 10.7. The molecule has 0 saturated carbocycles. The van der Waals surface area contributed by atoms with E-state index in [9.17, 15) is 0 Å². The van der Waals surface area contributed by atoms with E-state index >= 15 is 0 Å². The fraction of sp³-hybridized carbons (Fsp3) is 0.125. The summed E-state index contributed by atoms with van der Waals surface area (Å²) in [6.07, 6.45) is 3.64. The minimum atomic E-state index is 0.822. The van der Waals surface area contributed by atoms with Gasteiger partial charge in [-0.3, -0.25) is 4.98 Å². The summed E-state index contributed by atoms with van der Waals surface area (Å²) in [5, 5.41) is 4.23. The third-order valence-electron chi connectivity index (χ3n) is 2.99. The maximum absolute atomic E-state index is 4.81. The highest BCUT2D eigenvalue weighted by Crippen LogP contribution is 2.33. The van der Waals surface area contributed by atoms with Crippen molar-refractivity contribution in [3.05, 3.63) is 59.7 Å². The maximum Gasteiger partial charge on any atom is 0.125 e. The van der Waals surface area contributed by atoms with Crippen molar-refractivity contribution in [1.82, 2.24) is 15.3 Å². The van der Waals surface area contributed by atoms with Crippen LogP contribution in [-0.4, -0.2) is 17.0 Å². The lowest BCUT2D eigenvalue weighted by Gasteiger charge is -2.00. The first-order chi connectivity index (χ1) is 9.88. The second kappa shape index (κ2) is 5.94. The molecule has 20 heavy (non-hydrogen) atoms. The molecule has 0 aliphatic heterocycles. The lowest BCUT2D eigenvalue weighted by atomic mass is 10.1. The SMILES string of the molecule is CNCc1sc(-c2cccnc2)nc1-c1ccccc1. The van der Waals surface area contributed by atoms with Crippen LogP contribution in [0.3, 0.4) is 0 Å². The number of rotatable bonds is 4. The molecule has 2 heterocycles. The molecule has 0 radical (unpaired) electrons. The standard InChI is InChI=1S/C16H15N3S/c1-17-11-14-15(12-6-3-2-4-7-12)19-16(20-14)13-8-5-9-18-10-13/h2-10,17H,11H2,1H3. The van der Waals surface area contributed by atoms with E-state index in [-0.39, 0.29) is 0 Å². The van der Waals surface area contributed by atoms with Gasteiger partial charge in [0, 0.05) is 34.9 Å². The van der Waals surface area contributed by atoms with Gasteiger partial charge in [0.15, 0.2) is 0 Å². The zero-order valence-corrected chi connectivity index (χ0v) is 12.0. The Morgan fingerprint density at radius 2 is 1.85 bits per heavy atom. The minimum Gasteiger partial charge on any atom is -0.315 e. The lowest BCUT2D eigenvalue weighted by molar-refractivity contribution is 0.831. The lowest BCUT2D eigenvalue weighted by Crippen LogP contribution is -2.04. The summed E-state index contributed by atoms with van der Waals surface area (Å²) in [6, 6.07) is 14.3. The van der Waals surface area contributed by atoms with Crippen LogP contribution in [0.2, 0.25) is 0 Å². The summed E-state index contributed by atoms with van der Waals surface area (Å²) in [4.78, 5) is 10.2. The van der Waals surface area contributed by atoms with E-state index in [2.05, 4.69) is 22.4 Å². The molecule has 0 aliphatic carbocycles. The van der Waals surface area contributed by atoms with Crippen LogP contribution >= 0.6 is 11.3 Å². The topological polar surface area (TPSA) is 37.8 Å². The van der Waals surface area contributed by atoms with Crippen molar-refractivity contribution in [2.45, 2.75) is 6.54 Å². The fourth-order valence-electron chi connectivity index (χ4n) is 2.07. The van der Waals surface area contributed by atoms with Crippen molar-refractivity contribution in [2.75, 3.05) is 7.05 Å². The molecular weight excluding hydrogens is 266 g/mol. The van der Waals surface area contributed by atoms with Gasteiger partial charge < -0.3 is 5.32 Å². The van der Waals surface area contributed by atoms with Gasteiger partial charge in [-0.1, -0.05) is 30.3 Å². The molecule has 3 nitrogen and oxygen atoms in total. The molecule has 0 aliphatic rings. The third kappa shape index (κ3) is 2.61. The Bertz CT molecular complexity index is 677. The molecule has 3 rings (SSSR count). The van der Waals surface area contributed by atoms with E-state index in [4.69, 9.17) is 4.98 Å². The van der Waals surface area contributed by atoms with Crippen molar-refractivity contribution < 1.29 is 0 Å². The van der Waals surface area contributed by atoms with Crippen LogP contribution in [0.4, 0.5) is 0 Å². The van der Waals surface area contributed by atoms with Gasteiger partial charge in [0.2, 0.25) is 0 Å².